The van der Waals surface area contributed by atoms with Gasteiger partial charge in [-0.2, -0.15) is 0 Å². The highest BCUT2D eigenvalue weighted by molar-refractivity contribution is 7.86. The summed E-state index contributed by atoms with van der Waals surface area (Å²) in [6, 6.07) is 9.91. The number of hydrogen-bond donors (Lipinski definition) is 3. The minimum absolute atomic E-state index is 0.137. The lowest BCUT2D eigenvalue weighted by Gasteiger charge is -2.47. The summed E-state index contributed by atoms with van der Waals surface area (Å²) in [5, 5.41) is 9.16. The number of nitrogens with one attached hydrogen (secondary N) is 1. The van der Waals surface area contributed by atoms with Crippen molar-refractivity contribution in [3.63, 3.8) is 0 Å². The largest absolute Gasteiger partial charge is 0.398 e. The quantitative estimate of drug-likeness (QED) is 0.407. The summed E-state index contributed by atoms with van der Waals surface area (Å²) < 4.78 is 28.9. The number of rotatable bonds is 3. The third-order valence-electron chi connectivity index (χ3n) is 5.85. The number of benzene rings is 2. The first-order chi connectivity index (χ1) is 15.2. The maximum Gasteiger partial charge on any atom is 0.131 e. The van der Waals surface area contributed by atoms with E-state index >= 15 is 0 Å². The molecule has 168 valence electrons. The topological polar surface area (TPSA) is 115 Å². The number of fused-ring (bicyclic) bond motifs is 1. The fourth-order valence-corrected chi connectivity index (χ4v) is 5.71. The Morgan fingerprint density at radius 2 is 1.81 bits per heavy atom. The first-order valence-corrected chi connectivity index (χ1v) is 11.9. The van der Waals surface area contributed by atoms with Crippen LogP contribution in [0.1, 0.15) is 31.0 Å². The summed E-state index contributed by atoms with van der Waals surface area (Å²) in [7, 11) is -0.490. The number of ether oxygens (including phenoxy) is 1. The molecule has 0 saturated carbocycles. The summed E-state index contributed by atoms with van der Waals surface area (Å²) in [4.78, 5) is 4.57. The molecule has 1 aromatic heterocycles. The number of anilines is 2. The van der Waals surface area contributed by atoms with Crippen LogP contribution >= 0.6 is 0 Å². The molecule has 0 unspecified atom stereocenters. The van der Waals surface area contributed by atoms with E-state index in [0.29, 0.717) is 22.5 Å². The smallest absolute Gasteiger partial charge is 0.131 e. The van der Waals surface area contributed by atoms with Crippen LogP contribution in [0.3, 0.4) is 0 Å². The molecular weight excluding hydrogens is 427 g/mol. The summed E-state index contributed by atoms with van der Waals surface area (Å²) >= 11 is 0. The fourth-order valence-electron chi connectivity index (χ4n) is 4.10. The highest BCUT2D eigenvalue weighted by atomic mass is 32.2. The Morgan fingerprint density at radius 1 is 1.16 bits per heavy atom. The second-order valence-corrected chi connectivity index (χ2v) is 10.3. The second-order valence-electron chi connectivity index (χ2n) is 8.81. The predicted octanol–water partition coefficient (Wildman–Crippen LogP) is 4.09. The van der Waals surface area contributed by atoms with Crippen molar-refractivity contribution < 1.29 is 13.3 Å². The van der Waals surface area contributed by atoms with E-state index in [1.807, 2.05) is 19.9 Å². The van der Waals surface area contributed by atoms with Crippen LogP contribution in [0.2, 0.25) is 0 Å². The van der Waals surface area contributed by atoms with Crippen LogP contribution in [0.25, 0.3) is 21.9 Å². The SMILES string of the molecule is CC(C)c1nc(N)c2cc(N)c(C=N)cc2c1-c1ccc(F)cc1.O=S1CC2(COC2)C1. The molecule has 0 radical (unpaired) electrons. The lowest BCUT2D eigenvalue weighted by atomic mass is 9.90. The molecule has 32 heavy (non-hydrogen) atoms. The molecule has 8 heteroatoms. The van der Waals surface area contributed by atoms with Gasteiger partial charge in [-0.25, -0.2) is 9.37 Å². The molecular formula is C24H27FN4O2S. The normalized spacial score (nSPS) is 16.9. The zero-order valence-corrected chi connectivity index (χ0v) is 19.0. The Labute approximate surface area is 189 Å². The van der Waals surface area contributed by atoms with Gasteiger partial charge in [-0.3, -0.25) is 4.21 Å². The van der Waals surface area contributed by atoms with Crippen molar-refractivity contribution in [1.82, 2.24) is 4.98 Å². The minimum atomic E-state index is -0.490. The molecule has 2 aliphatic heterocycles. The molecule has 5 N–H and O–H groups in total. The van der Waals surface area contributed by atoms with E-state index in [1.165, 1.54) is 18.3 Å². The number of nitrogen functional groups attached to an aromatic ring is 2. The van der Waals surface area contributed by atoms with Crippen LogP contribution in [-0.2, 0) is 15.5 Å². The van der Waals surface area contributed by atoms with Crippen LogP contribution in [0.5, 0.6) is 0 Å². The molecule has 0 atom stereocenters. The Bertz CT molecular complexity index is 1200. The summed E-state index contributed by atoms with van der Waals surface area (Å²) in [5.74, 6) is 2.04. The zero-order chi connectivity index (χ0) is 23.0. The molecule has 0 bridgehead atoms. The fraction of sp³-hybridized carbons (Fsp3) is 0.333. The number of pyridine rings is 1. The zero-order valence-electron chi connectivity index (χ0n) is 18.2. The van der Waals surface area contributed by atoms with Crippen molar-refractivity contribution in [1.29, 1.82) is 5.41 Å². The Kier molecular flexibility index (Phi) is 6.01. The average molecular weight is 455 g/mol. The molecule has 3 heterocycles. The number of hydrogen-bond acceptors (Lipinski definition) is 6. The van der Waals surface area contributed by atoms with Crippen molar-refractivity contribution in [3.8, 4) is 11.1 Å². The average Bonchev–Trinajstić information content (AvgIpc) is 2.71. The van der Waals surface area contributed by atoms with Gasteiger partial charge >= 0.3 is 0 Å². The van der Waals surface area contributed by atoms with Crippen molar-refractivity contribution in [3.05, 3.63) is 53.5 Å². The van der Waals surface area contributed by atoms with Gasteiger partial charge < -0.3 is 21.6 Å². The van der Waals surface area contributed by atoms with Gasteiger partial charge in [0.05, 0.1) is 18.9 Å². The van der Waals surface area contributed by atoms with E-state index in [4.69, 9.17) is 21.6 Å². The van der Waals surface area contributed by atoms with E-state index in [9.17, 15) is 8.60 Å². The van der Waals surface area contributed by atoms with E-state index in [2.05, 4.69) is 4.98 Å². The first-order valence-electron chi connectivity index (χ1n) is 10.4. The van der Waals surface area contributed by atoms with Crippen molar-refractivity contribution in [2.24, 2.45) is 5.41 Å². The van der Waals surface area contributed by atoms with E-state index in [0.717, 1.165) is 52.3 Å². The predicted molar refractivity (Wildman–Crippen MR) is 129 cm³/mol. The number of nitrogens with zero attached hydrogens (tertiary/aromatic N) is 1. The molecule has 2 aromatic carbocycles. The minimum Gasteiger partial charge on any atom is -0.398 e. The highest BCUT2D eigenvalue weighted by Gasteiger charge is 2.48. The van der Waals surface area contributed by atoms with Gasteiger partial charge in [0, 0.05) is 56.1 Å². The monoisotopic (exact) mass is 454 g/mol. The summed E-state index contributed by atoms with van der Waals surface area (Å²) in [5.41, 5.74) is 16.2. The van der Waals surface area contributed by atoms with E-state index in [-0.39, 0.29) is 11.7 Å². The van der Waals surface area contributed by atoms with Gasteiger partial charge in [0.1, 0.15) is 11.6 Å². The summed E-state index contributed by atoms with van der Waals surface area (Å²) in [6.07, 6.45) is 1.22. The number of aromatic nitrogens is 1. The molecule has 0 aliphatic carbocycles. The van der Waals surface area contributed by atoms with Gasteiger partial charge in [-0.05, 0) is 41.1 Å². The van der Waals surface area contributed by atoms with Gasteiger partial charge in [-0.15, -0.1) is 0 Å². The number of nitrogens with two attached hydrogens (primary N) is 2. The Balaban J connectivity index is 0.000000254. The van der Waals surface area contributed by atoms with Gasteiger partial charge in [0.15, 0.2) is 0 Å². The van der Waals surface area contributed by atoms with Crippen LogP contribution in [-0.4, -0.2) is 40.1 Å². The molecule has 0 amide bonds. The Morgan fingerprint density at radius 3 is 2.28 bits per heavy atom. The Hall–Kier alpha value is -2.84. The third-order valence-corrected chi connectivity index (χ3v) is 7.72. The van der Waals surface area contributed by atoms with Crippen molar-refractivity contribution in [2.75, 3.05) is 36.2 Å². The van der Waals surface area contributed by atoms with Crippen LogP contribution in [0, 0.1) is 16.6 Å². The lowest BCUT2D eigenvalue weighted by Crippen LogP contribution is -2.58. The molecule has 2 saturated heterocycles. The van der Waals surface area contributed by atoms with Gasteiger partial charge in [0.25, 0.3) is 0 Å². The van der Waals surface area contributed by atoms with Gasteiger partial charge in [-0.1, -0.05) is 26.0 Å². The molecule has 6 nitrogen and oxygen atoms in total. The molecule has 2 aliphatic rings. The maximum absolute atomic E-state index is 13.3. The van der Waals surface area contributed by atoms with Crippen LogP contribution in [0.15, 0.2) is 36.4 Å². The van der Waals surface area contributed by atoms with Crippen LogP contribution in [0.4, 0.5) is 15.9 Å². The highest BCUT2D eigenvalue weighted by Crippen LogP contribution is 2.39. The molecule has 3 aromatic rings. The maximum atomic E-state index is 13.3. The number of halogens is 1. The van der Waals surface area contributed by atoms with Crippen molar-refractivity contribution in [2.45, 2.75) is 19.8 Å². The molecule has 5 rings (SSSR count). The van der Waals surface area contributed by atoms with Crippen molar-refractivity contribution >= 4 is 39.3 Å². The lowest BCUT2D eigenvalue weighted by molar-refractivity contribution is -0.0916. The standard InChI is InChI=1S/C19H19FN4.C5H8O2S/c1-10(2)18-17(11-3-5-13(20)6-4-11)14-7-12(9-21)16(22)8-15(14)19(23)24-18;6-8-3-5(4-8)1-7-2-5/h3-10,21H,22H2,1-2H3,(H2,23,24);1-4H2. The van der Waals surface area contributed by atoms with Gasteiger partial charge in [0.2, 0.25) is 0 Å². The summed E-state index contributed by atoms with van der Waals surface area (Å²) in [6.45, 7) is 5.79. The molecule has 1 spiro atoms. The van der Waals surface area contributed by atoms with E-state index < -0.39 is 10.8 Å². The first kappa shape index (κ1) is 22.4. The van der Waals surface area contributed by atoms with Crippen LogP contribution < -0.4 is 11.5 Å². The van der Waals surface area contributed by atoms with E-state index in [1.54, 1.807) is 18.2 Å². The second kappa shape index (κ2) is 8.60. The third kappa shape index (κ3) is 4.12. The molecule has 2 fully saturated rings.